The van der Waals surface area contributed by atoms with E-state index in [1.807, 2.05) is 0 Å². The second kappa shape index (κ2) is 6.21. The zero-order chi connectivity index (χ0) is 15.4. The number of nitrogens with zero attached hydrogens (tertiary/aromatic N) is 2. The maximum atomic E-state index is 13.8. The number of carbonyl (C=O) groups is 1. The van der Waals surface area contributed by atoms with Crippen LogP contribution in [0.5, 0.6) is 0 Å². The number of ether oxygens (including phenoxy) is 1. The fourth-order valence-corrected chi connectivity index (χ4v) is 1.87. The van der Waals surface area contributed by atoms with E-state index in [-0.39, 0.29) is 23.7 Å². The Hall–Kier alpha value is -2.63. The lowest BCUT2D eigenvalue weighted by Crippen LogP contribution is -2.15. The second-order valence-corrected chi connectivity index (χ2v) is 4.36. The van der Waals surface area contributed by atoms with Crippen LogP contribution in [-0.4, -0.2) is 24.6 Å². The van der Waals surface area contributed by atoms with E-state index < -0.39 is 5.97 Å². The highest BCUT2D eigenvalue weighted by Gasteiger charge is 2.16. The third kappa shape index (κ3) is 3.10. The molecule has 0 aliphatic rings. The fourth-order valence-electron chi connectivity index (χ4n) is 1.87. The maximum Gasteiger partial charge on any atom is 0.340 e. The topological polar surface area (TPSA) is 68.5 Å². The summed E-state index contributed by atoms with van der Waals surface area (Å²) >= 11 is 0. The molecule has 2 rings (SSSR count). The third-order valence-electron chi connectivity index (χ3n) is 2.97. The van der Waals surface area contributed by atoms with Crippen LogP contribution < -0.4 is 10.6 Å². The van der Waals surface area contributed by atoms with Crippen LogP contribution in [0.4, 0.5) is 21.6 Å². The number of hydrogen-bond acceptors (Lipinski definition) is 5. The quantitative estimate of drug-likeness (QED) is 0.876. The summed E-state index contributed by atoms with van der Waals surface area (Å²) in [5, 5.41) is 0. The number of carbonyl (C=O) groups excluding carboxylic acids is 1. The van der Waals surface area contributed by atoms with Gasteiger partial charge in [0.2, 0.25) is 0 Å². The third-order valence-corrected chi connectivity index (χ3v) is 2.97. The number of halogens is 1. The van der Waals surface area contributed by atoms with Gasteiger partial charge in [0, 0.05) is 7.05 Å². The van der Waals surface area contributed by atoms with Gasteiger partial charge in [0.25, 0.3) is 0 Å². The SMILES string of the molecule is CCOC(=O)c1cc(N(C)c2ccccc2F)ncc1N. The second-order valence-electron chi connectivity index (χ2n) is 4.36. The minimum Gasteiger partial charge on any atom is -0.462 e. The number of aromatic nitrogens is 1. The lowest BCUT2D eigenvalue weighted by Gasteiger charge is -2.19. The highest BCUT2D eigenvalue weighted by molar-refractivity contribution is 5.95. The van der Waals surface area contributed by atoms with Crippen molar-refractivity contribution >= 4 is 23.2 Å². The predicted molar refractivity (Wildman–Crippen MR) is 79.1 cm³/mol. The van der Waals surface area contributed by atoms with Crippen molar-refractivity contribution in [1.29, 1.82) is 0 Å². The molecule has 0 fully saturated rings. The van der Waals surface area contributed by atoms with Gasteiger partial charge in [-0.05, 0) is 25.1 Å². The van der Waals surface area contributed by atoms with Gasteiger partial charge in [0.1, 0.15) is 11.6 Å². The van der Waals surface area contributed by atoms with Gasteiger partial charge in [-0.1, -0.05) is 12.1 Å². The van der Waals surface area contributed by atoms with E-state index in [4.69, 9.17) is 10.5 Å². The summed E-state index contributed by atoms with van der Waals surface area (Å²) in [4.78, 5) is 17.5. The summed E-state index contributed by atoms with van der Waals surface area (Å²) < 4.78 is 18.7. The van der Waals surface area contributed by atoms with Crippen molar-refractivity contribution < 1.29 is 13.9 Å². The Morgan fingerprint density at radius 1 is 1.43 bits per heavy atom. The molecule has 0 atom stereocenters. The smallest absolute Gasteiger partial charge is 0.340 e. The average Bonchev–Trinajstić information content (AvgIpc) is 2.48. The van der Waals surface area contributed by atoms with Crippen LogP contribution in [0, 0.1) is 5.82 Å². The zero-order valence-corrected chi connectivity index (χ0v) is 11.8. The molecule has 0 bridgehead atoms. The molecule has 6 heteroatoms. The summed E-state index contributed by atoms with van der Waals surface area (Å²) in [5.41, 5.74) is 6.52. The first kappa shape index (κ1) is 14.8. The number of hydrogen-bond donors (Lipinski definition) is 1. The van der Waals surface area contributed by atoms with E-state index in [1.54, 1.807) is 32.2 Å². The van der Waals surface area contributed by atoms with Crippen molar-refractivity contribution in [3.63, 3.8) is 0 Å². The monoisotopic (exact) mass is 289 g/mol. The van der Waals surface area contributed by atoms with Gasteiger partial charge in [-0.15, -0.1) is 0 Å². The number of nitrogen functional groups attached to an aromatic ring is 1. The van der Waals surface area contributed by atoms with E-state index in [0.717, 1.165) is 0 Å². The number of pyridine rings is 1. The number of esters is 1. The molecule has 0 amide bonds. The van der Waals surface area contributed by atoms with E-state index in [0.29, 0.717) is 11.5 Å². The molecule has 0 spiro atoms. The molecule has 5 nitrogen and oxygen atoms in total. The molecular formula is C15H16FN3O2. The van der Waals surface area contributed by atoms with Gasteiger partial charge in [-0.3, -0.25) is 0 Å². The number of nitrogens with two attached hydrogens (primary N) is 1. The van der Waals surface area contributed by atoms with E-state index >= 15 is 0 Å². The van der Waals surface area contributed by atoms with Gasteiger partial charge in [-0.25, -0.2) is 14.2 Å². The Morgan fingerprint density at radius 3 is 2.81 bits per heavy atom. The average molecular weight is 289 g/mol. The Kier molecular flexibility index (Phi) is 4.37. The first-order valence-corrected chi connectivity index (χ1v) is 6.45. The van der Waals surface area contributed by atoms with Crippen LogP contribution in [0.25, 0.3) is 0 Å². The van der Waals surface area contributed by atoms with Crippen molar-refractivity contribution in [3.05, 3.63) is 47.9 Å². The van der Waals surface area contributed by atoms with Crippen molar-refractivity contribution in [2.75, 3.05) is 24.3 Å². The number of benzene rings is 1. The van der Waals surface area contributed by atoms with Crippen LogP contribution in [0.2, 0.25) is 0 Å². The summed E-state index contributed by atoms with van der Waals surface area (Å²) in [6.45, 7) is 1.96. The van der Waals surface area contributed by atoms with Gasteiger partial charge in [0.15, 0.2) is 0 Å². The summed E-state index contributed by atoms with van der Waals surface area (Å²) in [5.74, 6) is -0.505. The van der Waals surface area contributed by atoms with Crippen LogP contribution in [0.15, 0.2) is 36.5 Å². The van der Waals surface area contributed by atoms with Crippen LogP contribution in [0.3, 0.4) is 0 Å². The van der Waals surface area contributed by atoms with Gasteiger partial charge < -0.3 is 15.4 Å². The first-order chi connectivity index (χ1) is 10.0. The van der Waals surface area contributed by atoms with Gasteiger partial charge in [-0.2, -0.15) is 0 Å². The fraction of sp³-hybridized carbons (Fsp3) is 0.200. The largest absolute Gasteiger partial charge is 0.462 e. The summed E-state index contributed by atoms with van der Waals surface area (Å²) in [6.07, 6.45) is 1.36. The molecule has 0 radical (unpaired) electrons. The number of anilines is 3. The number of rotatable bonds is 4. The van der Waals surface area contributed by atoms with Gasteiger partial charge >= 0.3 is 5.97 Å². The highest BCUT2D eigenvalue weighted by Crippen LogP contribution is 2.26. The molecule has 0 saturated carbocycles. The molecule has 0 aliphatic carbocycles. The van der Waals surface area contributed by atoms with Crippen molar-refractivity contribution in [2.24, 2.45) is 0 Å². The molecule has 1 aromatic heterocycles. The molecule has 0 aliphatic heterocycles. The highest BCUT2D eigenvalue weighted by atomic mass is 19.1. The van der Waals surface area contributed by atoms with Crippen molar-refractivity contribution in [3.8, 4) is 0 Å². The molecule has 2 aromatic rings. The molecule has 110 valence electrons. The molecule has 0 unspecified atom stereocenters. The summed E-state index contributed by atoms with van der Waals surface area (Å²) in [6, 6.07) is 7.79. The molecule has 21 heavy (non-hydrogen) atoms. The minimum atomic E-state index is -0.527. The standard InChI is InChI=1S/C15H16FN3O2/c1-3-21-15(20)10-8-14(18-9-12(10)17)19(2)13-7-5-4-6-11(13)16/h4-9H,3,17H2,1-2H3. The molecule has 0 saturated heterocycles. The van der Waals surface area contributed by atoms with Crippen molar-refractivity contribution in [1.82, 2.24) is 4.98 Å². The molecule has 1 heterocycles. The minimum absolute atomic E-state index is 0.213. The zero-order valence-electron chi connectivity index (χ0n) is 11.8. The van der Waals surface area contributed by atoms with E-state index in [2.05, 4.69) is 4.98 Å². The van der Waals surface area contributed by atoms with Crippen LogP contribution in [0.1, 0.15) is 17.3 Å². The normalized spacial score (nSPS) is 10.2. The van der Waals surface area contributed by atoms with Gasteiger partial charge in [0.05, 0.1) is 29.7 Å². The first-order valence-electron chi connectivity index (χ1n) is 6.45. The van der Waals surface area contributed by atoms with Crippen LogP contribution >= 0.6 is 0 Å². The Morgan fingerprint density at radius 2 is 2.14 bits per heavy atom. The molecular weight excluding hydrogens is 273 g/mol. The molecule has 2 N–H and O–H groups in total. The Labute approximate surface area is 122 Å². The summed E-state index contributed by atoms with van der Waals surface area (Å²) in [7, 11) is 1.66. The van der Waals surface area contributed by atoms with E-state index in [1.165, 1.54) is 23.2 Å². The van der Waals surface area contributed by atoms with E-state index in [9.17, 15) is 9.18 Å². The maximum absolute atomic E-state index is 13.8. The van der Waals surface area contributed by atoms with Crippen LogP contribution in [-0.2, 0) is 4.74 Å². The predicted octanol–water partition coefficient (Wildman–Crippen LogP) is 2.75. The van der Waals surface area contributed by atoms with Crippen molar-refractivity contribution in [2.45, 2.75) is 6.92 Å². The Bertz CT molecular complexity index is 661. The molecule has 1 aromatic carbocycles. The lowest BCUT2D eigenvalue weighted by atomic mass is 10.2. The lowest BCUT2D eigenvalue weighted by molar-refractivity contribution is 0.0527. The Balaban J connectivity index is 2.39. The number of para-hydroxylation sites is 1.